The van der Waals surface area contributed by atoms with E-state index in [2.05, 4.69) is 6.92 Å². The molecule has 0 spiro atoms. The Bertz CT molecular complexity index is 795. The number of benzene rings is 1. The summed E-state index contributed by atoms with van der Waals surface area (Å²) in [6, 6.07) is 4.17. The molecule has 0 aliphatic carbocycles. The Kier molecular flexibility index (Phi) is 5.73. The minimum atomic E-state index is -3.87. The molecule has 0 aromatic heterocycles. The van der Waals surface area contributed by atoms with Crippen molar-refractivity contribution in [2.24, 2.45) is 5.92 Å². The number of nitro benzene ring substituents is 1. The van der Waals surface area contributed by atoms with Crippen LogP contribution in [0.1, 0.15) is 33.6 Å². The SMILES string of the molecule is CC1CCN(c2ccc([N+](=O)[O-])cc2S(=O)(=O)N2CC(C)OC(C)C2)CC1. The van der Waals surface area contributed by atoms with E-state index in [1.807, 2.05) is 18.7 Å². The standard InChI is InChI=1S/C18H27N3O5S/c1-13-6-8-19(9-7-13)17-5-4-16(21(22)23)10-18(17)27(24,25)20-11-14(2)26-15(3)12-20/h4-5,10,13-15H,6-9,11-12H2,1-3H3. The zero-order valence-corrected chi connectivity index (χ0v) is 16.8. The van der Waals surface area contributed by atoms with E-state index in [0.29, 0.717) is 11.6 Å². The Hall–Kier alpha value is -1.71. The fourth-order valence-corrected chi connectivity index (χ4v) is 5.62. The van der Waals surface area contributed by atoms with Crippen LogP contribution in [0.3, 0.4) is 0 Å². The molecule has 0 amide bonds. The summed E-state index contributed by atoms with van der Waals surface area (Å²) >= 11 is 0. The quantitative estimate of drug-likeness (QED) is 0.573. The van der Waals surface area contributed by atoms with Gasteiger partial charge in [-0.25, -0.2) is 8.42 Å². The van der Waals surface area contributed by atoms with E-state index in [4.69, 9.17) is 4.74 Å². The van der Waals surface area contributed by atoms with Gasteiger partial charge in [0.05, 0.1) is 22.8 Å². The minimum Gasteiger partial charge on any atom is -0.373 e. The van der Waals surface area contributed by atoms with Gasteiger partial charge in [0.25, 0.3) is 5.69 Å². The molecule has 2 saturated heterocycles. The van der Waals surface area contributed by atoms with Gasteiger partial charge in [-0.15, -0.1) is 0 Å². The lowest BCUT2D eigenvalue weighted by Crippen LogP contribution is -2.48. The van der Waals surface area contributed by atoms with Crippen LogP contribution in [0, 0.1) is 16.0 Å². The van der Waals surface area contributed by atoms with Gasteiger partial charge in [0.2, 0.25) is 10.0 Å². The molecule has 3 rings (SSSR count). The van der Waals surface area contributed by atoms with Gasteiger partial charge in [-0.05, 0) is 38.7 Å². The van der Waals surface area contributed by atoms with Crippen molar-refractivity contribution in [3.8, 4) is 0 Å². The van der Waals surface area contributed by atoms with Crippen LogP contribution in [0.4, 0.5) is 11.4 Å². The van der Waals surface area contributed by atoms with Crippen molar-refractivity contribution in [2.75, 3.05) is 31.1 Å². The number of piperidine rings is 1. The van der Waals surface area contributed by atoms with Crippen LogP contribution in [-0.4, -0.2) is 56.0 Å². The number of morpholine rings is 1. The van der Waals surface area contributed by atoms with E-state index in [9.17, 15) is 18.5 Å². The van der Waals surface area contributed by atoms with Crippen LogP contribution < -0.4 is 4.90 Å². The van der Waals surface area contributed by atoms with Crippen LogP contribution in [0.2, 0.25) is 0 Å². The van der Waals surface area contributed by atoms with E-state index in [1.165, 1.54) is 16.4 Å². The van der Waals surface area contributed by atoms with E-state index < -0.39 is 14.9 Å². The van der Waals surface area contributed by atoms with Crippen molar-refractivity contribution in [1.82, 2.24) is 4.31 Å². The smallest absolute Gasteiger partial charge is 0.270 e. The Morgan fingerprint density at radius 1 is 1.11 bits per heavy atom. The molecular formula is C18H27N3O5S. The lowest BCUT2D eigenvalue weighted by molar-refractivity contribution is -0.385. The van der Waals surface area contributed by atoms with Crippen molar-refractivity contribution in [3.05, 3.63) is 28.3 Å². The Morgan fingerprint density at radius 3 is 2.26 bits per heavy atom. The third kappa shape index (κ3) is 4.25. The van der Waals surface area contributed by atoms with Crippen LogP contribution >= 0.6 is 0 Å². The Balaban J connectivity index is 2.03. The Morgan fingerprint density at radius 2 is 1.70 bits per heavy atom. The molecule has 2 atom stereocenters. The number of hydrogen-bond donors (Lipinski definition) is 0. The van der Waals surface area contributed by atoms with Crippen LogP contribution in [0.15, 0.2) is 23.1 Å². The number of rotatable bonds is 4. The third-order valence-corrected chi connectivity index (χ3v) is 7.14. The van der Waals surface area contributed by atoms with Gasteiger partial charge < -0.3 is 9.64 Å². The maximum Gasteiger partial charge on any atom is 0.270 e. The zero-order chi connectivity index (χ0) is 19.8. The summed E-state index contributed by atoms with van der Waals surface area (Å²) in [6.45, 7) is 7.82. The maximum absolute atomic E-state index is 13.4. The third-order valence-electron chi connectivity index (χ3n) is 5.28. The highest BCUT2D eigenvalue weighted by Crippen LogP contribution is 2.34. The van der Waals surface area contributed by atoms with Crippen LogP contribution in [0.5, 0.6) is 0 Å². The number of non-ortho nitro benzene ring substituents is 1. The fourth-order valence-electron chi connectivity index (χ4n) is 3.80. The summed E-state index contributed by atoms with van der Waals surface area (Å²) in [5.74, 6) is 0.597. The van der Waals surface area contributed by atoms with Gasteiger partial charge in [0.1, 0.15) is 4.90 Å². The van der Waals surface area contributed by atoms with Crippen molar-refractivity contribution in [3.63, 3.8) is 0 Å². The summed E-state index contributed by atoms with van der Waals surface area (Å²) in [7, 11) is -3.87. The first-order valence-corrected chi connectivity index (χ1v) is 10.8. The van der Waals surface area contributed by atoms with E-state index in [0.717, 1.165) is 25.9 Å². The molecule has 2 heterocycles. The second-order valence-electron chi connectivity index (χ2n) is 7.66. The molecule has 2 aliphatic rings. The molecule has 0 bridgehead atoms. The number of nitro groups is 1. The molecule has 8 nitrogen and oxygen atoms in total. The first kappa shape index (κ1) is 20.0. The lowest BCUT2D eigenvalue weighted by atomic mass is 9.99. The van der Waals surface area contributed by atoms with E-state index in [-0.39, 0.29) is 35.9 Å². The summed E-state index contributed by atoms with van der Waals surface area (Å²) < 4.78 is 33.8. The second kappa shape index (κ2) is 7.73. The molecular weight excluding hydrogens is 370 g/mol. The molecule has 2 unspecified atom stereocenters. The number of hydrogen-bond acceptors (Lipinski definition) is 6. The minimum absolute atomic E-state index is 0.0209. The monoisotopic (exact) mass is 397 g/mol. The predicted octanol–water partition coefficient (Wildman–Crippen LogP) is 2.63. The van der Waals surface area contributed by atoms with Crippen molar-refractivity contribution >= 4 is 21.4 Å². The number of sulfonamides is 1. The molecule has 2 fully saturated rings. The first-order chi connectivity index (χ1) is 12.7. The van der Waals surface area contributed by atoms with Crippen molar-refractivity contribution < 1.29 is 18.1 Å². The largest absolute Gasteiger partial charge is 0.373 e. The molecule has 0 radical (unpaired) electrons. The summed E-state index contributed by atoms with van der Waals surface area (Å²) in [5, 5.41) is 11.3. The molecule has 0 saturated carbocycles. The van der Waals surface area contributed by atoms with Gasteiger partial charge in [-0.3, -0.25) is 10.1 Å². The summed E-state index contributed by atoms with van der Waals surface area (Å²) in [5.41, 5.74) is 0.344. The highest BCUT2D eigenvalue weighted by atomic mass is 32.2. The van der Waals surface area contributed by atoms with Crippen LogP contribution in [0.25, 0.3) is 0 Å². The molecule has 1 aromatic carbocycles. The average molecular weight is 397 g/mol. The summed E-state index contributed by atoms with van der Waals surface area (Å²) in [4.78, 5) is 12.8. The molecule has 9 heteroatoms. The summed E-state index contributed by atoms with van der Waals surface area (Å²) in [6.07, 6.45) is 1.51. The average Bonchev–Trinajstić information content (AvgIpc) is 2.61. The zero-order valence-electron chi connectivity index (χ0n) is 16.0. The number of nitrogens with zero attached hydrogens (tertiary/aromatic N) is 3. The first-order valence-electron chi connectivity index (χ1n) is 9.37. The van der Waals surface area contributed by atoms with Gasteiger partial charge in [-0.2, -0.15) is 4.31 Å². The van der Waals surface area contributed by atoms with Crippen molar-refractivity contribution in [2.45, 2.75) is 50.7 Å². The number of anilines is 1. The van der Waals surface area contributed by atoms with Crippen LogP contribution in [-0.2, 0) is 14.8 Å². The van der Waals surface area contributed by atoms with E-state index in [1.54, 1.807) is 6.07 Å². The van der Waals surface area contributed by atoms with Crippen molar-refractivity contribution in [1.29, 1.82) is 0 Å². The van der Waals surface area contributed by atoms with Gasteiger partial charge in [0.15, 0.2) is 0 Å². The molecule has 0 N–H and O–H groups in total. The highest BCUT2D eigenvalue weighted by molar-refractivity contribution is 7.89. The molecule has 1 aromatic rings. The fraction of sp³-hybridized carbons (Fsp3) is 0.667. The lowest BCUT2D eigenvalue weighted by Gasteiger charge is -2.36. The molecule has 27 heavy (non-hydrogen) atoms. The van der Waals surface area contributed by atoms with Gasteiger partial charge in [0, 0.05) is 38.3 Å². The van der Waals surface area contributed by atoms with Gasteiger partial charge in [-0.1, -0.05) is 6.92 Å². The molecule has 150 valence electrons. The van der Waals surface area contributed by atoms with Gasteiger partial charge >= 0.3 is 0 Å². The van der Waals surface area contributed by atoms with E-state index >= 15 is 0 Å². The second-order valence-corrected chi connectivity index (χ2v) is 9.56. The number of ether oxygens (including phenoxy) is 1. The Labute approximate surface area is 160 Å². The molecule has 2 aliphatic heterocycles. The maximum atomic E-state index is 13.4. The highest BCUT2D eigenvalue weighted by Gasteiger charge is 2.35. The normalized spacial score (nSPS) is 25.5. The predicted molar refractivity (Wildman–Crippen MR) is 102 cm³/mol. The topological polar surface area (TPSA) is 93.0 Å².